The quantitative estimate of drug-likeness (QED) is 0.613. The topological polar surface area (TPSA) is 35.5 Å². The molecule has 0 unspecified atom stereocenters. The molecule has 70 valence electrons. The molecule has 1 aliphatic rings. The van der Waals surface area contributed by atoms with Crippen LogP contribution in [0.1, 0.15) is 32.6 Å². The van der Waals surface area contributed by atoms with Crippen molar-refractivity contribution in [3.05, 3.63) is 0 Å². The first-order valence-corrected chi connectivity index (χ1v) is 4.62. The number of rotatable bonds is 3. The van der Waals surface area contributed by atoms with Gasteiger partial charge in [-0.25, -0.2) is 4.79 Å². The fraction of sp³-hybridized carbons (Fsp3) is 0.889. The summed E-state index contributed by atoms with van der Waals surface area (Å²) in [5, 5.41) is 0. The molecule has 0 amide bonds. The van der Waals surface area contributed by atoms with Gasteiger partial charge in [-0.15, -0.1) is 0 Å². The van der Waals surface area contributed by atoms with E-state index in [0.29, 0.717) is 19.1 Å². The summed E-state index contributed by atoms with van der Waals surface area (Å²) in [4.78, 5) is 10.8. The highest BCUT2D eigenvalue weighted by Crippen LogP contribution is 2.24. The summed E-state index contributed by atoms with van der Waals surface area (Å²) in [6.07, 6.45) is 4.41. The Bertz CT molecular complexity index is 139. The van der Waals surface area contributed by atoms with Gasteiger partial charge in [-0.05, 0) is 25.7 Å². The molecule has 0 atom stereocenters. The van der Waals surface area contributed by atoms with Crippen molar-refractivity contribution in [1.29, 1.82) is 0 Å². The third-order valence-electron chi connectivity index (χ3n) is 2.17. The van der Waals surface area contributed by atoms with Gasteiger partial charge in [0.1, 0.15) is 0 Å². The molecule has 3 heteroatoms. The minimum absolute atomic E-state index is 0.392. The van der Waals surface area contributed by atoms with E-state index in [4.69, 9.17) is 4.74 Å². The molecule has 0 N–H and O–H groups in total. The third kappa shape index (κ3) is 3.11. The predicted octanol–water partition coefficient (Wildman–Crippen LogP) is 2.35. The van der Waals surface area contributed by atoms with Gasteiger partial charge in [0.25, 0.3) is 0 Å². The van der Waals surface area contributed by atoms with Gasteiger partial charge in [-0.2, -0.15) is 0 Å². The molecule has 0 aliphatic heterocycles. The third-order valence-corrected chi connectivity index (χ3v) is 2.17. The second-order valence-corrected chi connectivity index (χ2v) is 3.14. The lowest BCUT2D eigenvalue weighted by atomic mass is 10.1. The molecular formula is C9H16O3. The number of hydrogen-bond donors (Lipinski definition) is 0. The number of ether oxygens (including phenoxy) is 2. The number of hydrogen-bond acceptors (Lipinski definition) is 3. The van der Waals surface area contributed by atoms with Crippen LogP contribution in [0.2, 0.25) is 0 Å². The molecular weight excluding hydrogens is 156 g/mol. The van der Waals surface area contributed by atoms with Gasteiger partial charge in [0.2, 0.25) is 0 Å². The molecule has 12 heavy (non-hydrogen) atoms. The smallest absolute Gasteiger partial charge is 0.435 e. The van der Waals surface area contributed by atoms with Crippen molar-refractivity contribution in [1.82, 2.24) is 0 Å². The Labute approximate surface area is 73.0 Å². The summed E-state index contributed by atoms with van der Waals surface area (Å²) in [6.45, 7) is 2.71. The normalized spacial score (nSPS) is 17.8. The summed E-state index contributed by atoms with van der Waals surface area (Å²) in [7, 11) is 0. The molecule has 0 bridgehead atoms. The summed E-state index contributed by atoms with van der Waals surface area (Å²) >= 11 is 0. The van der Waals surface area contributed by atoms with Crippen LogP contribution in [0.3, 0.4) is 0 Å². The van der Waals surface area contributed by atoms with Gasteiger partial charge in [0.15, 0.2) is 0 Å². The maximum Gasteiger partial charge on any atom is 0.508 e. The second-order valence-electron chi connectivity index (χ2n) is 3.14. The lowest BCUT2D eigenvalue weighted by molar-refractivity contribution is 0.0483. The molecule has 1 fully saturated rings. The van der Waals surface area contributed by atoms with Gasteiger partial charge in [-0.3, -0.25) is 0 Å². The molecule has 1 saturated carbocycles. The van der Waals surface area contributed by atoms with E-state index in [1.165, 1.54) is 25.7 Å². The van der Waals surface area contributed by atoms with Crippen LogP contribution in [-0.4, -0.2) is 19.4 Å². The molecule has 0 saturated heterocycles. The van der Waals surface area contributed by atoms with Crippen LogP contribution in [0.4, 0.5) is 4.79 Å². The molecule has 3 nitrogen and oxygen atoms in total. The Hall–Kier alpha value is -0.730. The molecule has 1 rings (SSSR count). The van der Waals surface area contributed by atoms with Crippen molar-refractivity contribution in [3.63, 3.8) is 0 Å². The standard InChI is InChI=1S/C9H16O3/c1-2-11-9(10)12-7-8-5-3-4-6-8/h8H,2-7H2,1H3. The zero-order valence-electron chi connectivity index (χ0n) is 7.54. The first kappa shape index (κ1) is 9.36. The average molecular weight is 172 g/mol. The predicted molar refractivity (Wildman–Crippen MR) is 44.9 cm³/mol. The monoisotopic (exact) mass is 172 g/mol. The van der Waals surface area contributed by atoms with E-state index in [1.807, 2.05) is 0 Å². The van der Waals surface area contributed by atoms with Gasteiger partial charge in [-0.1, -0.05) is 12.8 Å². The number of carbonyl (C=O) groups is 1. The maximum absolute atomic E-state index is 10.8. The Morgan fingerprint density at radius 2 is 2.00 bits per heavy atom. The first-order chi connectivity index (χ1) is 5.83. The Balaban J connectivity index is 2.03. The molecule has 0 aromatic carbocycles. The van der Waals surface area contributed by atoms with Crippen molar-refractivity contribution in [2.24, 2.45) is 5.92 Å². The van der Waals surface area contributed by atoms with E-state index >= 15 is 0 Å². The fourth-order valence-corrected chi connectivity index (χ4v) is 1.52. The van der Waals surface area contributed by atoms with Crippen LogP contribution in [0.15, 0.2) is 0 Å². The largest absolute Gasteiger partial charge is 0.508 e. The first-order valence-electron chi connectivity index (χ1n) is 4.62. The zero-order valence-corrected chi connectivity index (χ0v) is 7.54. The van der Waals surface area contributed by atoms with E-state index < -0.39 is 6.16 Å². The fourth-order valence-electron chi connectivity index (χ4n) is 1.52. The van der Waals surface area contributed by atoms with Crippen molar-refractivity contribution in [3.8, 4) is 0 Å². The highest BCUT2D eigenvalue weighted by Gasteiger charge is 2.16. The van der Waals surface area contributed by atoms with E-state index in [1.54, 1.807) is 6.92 Å². The van der Waals surface area contributed by atoms with Gasteiger partial charge >= 0.3 is 6.16 Å². The Kier molecular flexibility index (Phi) is 3.91. The van der Waals surface area contributed by atoms with Crippen LogP contribution >= 0.6 is 0 Å². The average Bonchev–Trinajstić information content (AvgIpc) is 2.53. The highest BCUT2D eigenvalue weighted by atomic mass is 16.7. The van der Waals surface area contributed by atoms with E-state index in [2.05, 4.69) is 4.74 Å². The molecule has 0 aromatic heterocycles. The lowest BCUT2D eigenvalue weighted by Gasteiger charge is -2.08. The summed E-state index contributed by atoms with van der Waals surface area (Å²) in [6, 6.07) is 0. The van der Waals surface area contributed by atoms with Crippen LogP contribution < -0.4 is 0 Å². The van der Waals surface area contributed by atoms with Crippen molar-refractivity contribution >= 4 is 6.16 Å². The van der Waals surface area contributed by atoms with Gasteiger partial charge < -0.3 is 9.47 Å². The minimum Gasteiger partial charge on any atom is -0.435 e. The minimum atomic E-state index is -0.524. The molecule has 0 heterocycles. The van der Waals surface area contributed by atoms with E-state index in [0.717, 1.165) is 0 Å². The molecule has 0 radical (unpaired) electrons. The van der Waals surface area contributed by atoms with E-state index in [-0.39, 0.29) is 0 Å². The summed E-state index contributed by atoms with van der Waals surface area (Å²) in [5.41, 5.74) is 0. The summed E-state index contributed by atoms with van der Waals surface area (Å²) in [5.74, 6) is 0.578. The van der Waals surface area contributed by atoms with Crippen LogP contribution in [-0.2, 0) is 9.47 Å². The SMILES string of the molecule is CCOC(=O)OCC1CCCC1. The van der Waals surface area contributed by atoms with Crippen LogP contribution in [0.5, 0.6) is 0 Å². The van der Waals surface area contributed by atoms with Gasteiger partial charge in [0.05, 0.1) is 13.2 Å². The Morgan fingerprint density at radius 3 is 2.58 bits per heavy atom. The van der Waals surface area contributed by atoms with Crippen LogP contribution in [0, 0.1) is 5.92 Å². The number of carbonyl (C=O) groups excluding carboxylic acids is 1. The highest BCUT2D eigenvalue weighted by molar-refractivity contribution is 5.59. The lowest BCUT2D eigenvalue weighted by Crippen LogP contribution is -2.12. The summed E-state index contributed by atoms with van der Waals surface area (Å²) < 4.78 is 9.55. The van der Waals surface area contributed by atoms with Crippen LogP contribution in [0.25, 0.3) is 0 Å². The Morgan fingerprint density at radius 1 is 1.33 bits per heavy atom. The van der Waals surface area contributed by atoms with Crippen molar-refractivity contribution in [2.75, 3.05) is 13.2 Å². The van der Waals surface area contributed by atoms with Crippen molar-refractivity contribution in [2.45, 2.75) is 32.6 Å². The van der Waals surface area contributed by atoms with Crippen molar-refractivity contribution < 1.29 is 14.3 Å². The van der Waals surface area contributed by atoms with E-state index in [9.17, 15) is 4.79 Å². The zero-order chi connectivity index (χ0) is 8.81. The molecule has 0 aromatic rings. The van der Waals surface area contributed by atoms with Gasteiger partial charge in [0, 0.05) is 0 Å². The molecule has 1 aliphatic carbocycles. The second kappa shape index (κ2) is 5.01. The molecule has 0 spiro atoms. The maximum atomic E-state index is 10.8.